The summed E-state index contributed by atoms with van der Waals surface area (Å²) in [6.45, 7) is 3.34. The minimum absolute atomic E-state index is 0.0185. The number of rotatable bonds is 11. The quantitative estimate of drug-likeness (QED) is 0.232. The predicted octanol–water partition coefficient (Wildman–Crippen LogP) is 6.28. The average Bonchev–Trinajstić information content (AvgIpc) is 3.51. The first-order valence-corrected chi connectivity index (χ1v) is 15.0. The van der Waals surface area contributed by atoms with Crippen LogP contribution in [-0.4, -0.2) is 58.9 Å². The van der Waals surface area contributed by atoms with Crippen LogP contribution in [0.2, 0.25) is 10.0 Å². The third-order valence-electron chi connectivity index (χ3n) is 7.33. The number of thiophene rings is 1. The molecule has 1 aromatic heterocycles. The molecule has 1 aromatic carbocycles. The number of aliphatic hydroxyl groups excluding tert-OH is 2. The number of hydrogen-bond donors (Lipinski definition) is 2. The van der Waals surface area contributed by atoms with Crippen LogP contribution >= 0.6 is 46.1 Å². The molecule has 38 heavy (non-hydrogen) atoms. The number of carbonyl (C=O) groups excluding carboxylic acids is 1. The number of carbonyl (C=O) groups is 1. The van der Waals surface area contributed by atoms with Crippen LogP contribution in [0.4, 0.5) is 0 Å². The lowest BCUT2D eigenvalue weighted by Gasteiger charge is -2.23. The van der Waals surface area contributed by atoms with Gasteiger partial charge in [0.15, 0.2) is 5.79 Å². The van der Waals surface area contributed by atoms with Crippen LogP contribution < -0.4 is 0 Å². The van der Waals surface area contributed by atoms with Crippen LogP contribution in [0.3, 0.4) is 0 Å². The lowest BCUT2D eigenvalue weighted by atomic mass is 9.85. The van der Waals surface area contributed by atoms with Crippen molar-refractivity contribution in [3.63, 3.8) is 0 Å². The van der Waals surface area contributed by atoms with Crippen molar-refractivity contribution >= 4 is 52.1 Å². The van der Waals surface area contributed by atoms with Gasteiger partial charge < -0.3 is 24.4 Å². The molecular weight excluding hydrogens is 571 g/mol. The molecule has 1 aliphatic heterocycles. The highest BCUT2D eigenvalue weighted by Crippen LogP contribution is 2.42. The molecule has 0 radical (unpaired) electrons. The molecule has 0 amide bonds. The Bertz CT molecular complexity index is 1070. The Balaban J connectivity index is 1.25. The highest BCUT2D eigenvalue weighted by atomic mass is 35.5. The van der Waals surface area contributed by atoms with Crippen LogP contribution in [0.15, 0.2) is 30.3 Å². The molecule has 2 fully saturated rings. The summed E-state index contributed by atoms with van der Waals surface area (Å²) >= 11 is 20.4. The molecule has 10 heteroatoms. The van der Waals surface area contributed by atoms with Gasteiger partial charge in [-0.3, -0.25) is 0 Å². The second-order valence-corrected chi connectivity index (χ2v) is 13.2. The maximum absolute atomic E-state index is 12.6. The molecule has 210 valence electrons. The number of esters is 1. The normalized spacial score (nSPS) is 28.6. The topological polar surface area (TPSA) is 85.2 Å². The minimum Gasteiger partial charge on any atom is -0.459 e. The second-order valence-electron chi connectivity index (χ2n) is 10.6. The summed E-state index contributed by atoms with van der Waals surface area (Å²) in [7, 11) is 0. The Morgan fingerprint density at radius 2 is 1.79 bits per heavy atom. The molecule has 0 unspecified atom stereocenters. The molecule has 1 aliphatic carbocycles. The fourth-order valence-electron chi connectivity index (χ4n) is 5.59. The fourth-order valence-corrected chi connectivity index (χ4v) is 7.60. The Morgan fingerprint density at radius 3 is 2.50 bits per heavy atom. The minimum atomic E-state index is -0.819. The highest BCUT2D eigenvalue weighted by Gasteiger charge is 2.42. The zero-order chi connectivity index (χ0) is 27.4. The Kier molecular flexibility index (Phi) is 10.4. The van der Waals surface area contributed by atoms with Crippen LogP contribution in [0, 0.1) is 11.8 Å². The Labute approximate surface area is 243 Å². The van der Waals surface area contributed by atoms with E-state index in [1.165, 1.54) is 11.3 Å². The van der Waals surface area contributed by atoms with Crippen LogP contribution in [-0.2, 0) is 27.1 Å². The van der Waals surface area contributed by atoms with Gasteiger partial charge >= 0.3 is 5.97 Å². The van der Waals surface area contributed by atoms with E-state index in [1.807, 2.05) is 18.2 Å². The summed E-state index contributed by atoms with van der Waals surface area (Å²) < 4.78 is 16.8. The van der Waals surface area contributed by atoms with E-state index in [-0.39, 0.29) is 30.4 Å². The number of alkyl halides is 1. The van der Waals surface area contributed by atoms with Gasteiger partial charge in [0.1, 0.15) is 23.7 Å². The molecular formula is C28H35Cl3O6S. The van der Waals surface area contributed by atoms with Crippen molar-refractivity contribution in [1.29, 1.82) is 0 Å². The van der Waals surface area contributed by atoms with E-state index in [9.17, 15) is 15.0 Å². The predicted molar refractivity (Wildman–Crippen MR) is 150 cm³/mol. The smallest absolute Gasteiger partial charge is 0.348 e. The van der Waals surface area contributed by atoms with E-state index in [1.54, 1.807) is 26.0 Å². The first-order chi connectivity index (χ1) is 18.0. The molecule has 0 bridgehead atoms. The van der Waals surface area contributed by atoms with Crippen LogP contribution in [0.5, 0.6) is 0 Å². The molecule has 1 saturated carbocycles. The number of aliphatic hydroxyl groups is 2. The SMILES string of the molecule is CC1(C)O[C@@H](CO)[C@H](COC(=O)c2ccc(CCC[C@@H]3[C@@H](CCc4cc(Cl)cc(Cl)c4)[C@H](O)C[C@@H]3Cl)s2)O1. The molecule has 4 rings (SSSR count). The Morgan fingerprint density at radius 1 is 1.08 bits per heavy atom. The summed E-state index contributed by atoms with van der Waals surface area (Å²) in [6.07, 6.45) is 3.41. The molecule has 0 spiro atoms. The largest absolute Gasteiger partial charge is 0.459 e. The highest BCUT2D eigenvalue weighted by molar-refractivity contribution is 7.13. The number of halogens is 3. The van der Waals surface area contributed by atoms with Crippen molar-refractivity contribution in [2.75, 3.05) is 13.2 Å². The van der Waals surface area contributed by atoms with E-state index in [0.29, 0.717) is 21.3 Å². The first-order valence-electron chi connectivity index (χ1n) is 13.0. The maximum Gasteiger partial charge on any atom is 0.348 e. The number of ether oxygens (including phenoxy) is 3. The van der Waals surface area contributed by atoms with Gasteiger partial charge in [-0.2, -0.15) is 0 Å². The van der Waals surface area contributed by atoms with Gasteiger partial charge in [0.05, 0.1) is 12.7 Å². The average molecular weight is 606 g/mol. The lowest BCUT2D eigenvalue weighted by molar-refractivity contribution is -0.151. The van der Waals surface area contributed by atoms with E-state index in [4.69, 9.17) is 49.0 Å². The molecule has 2 aromatic rings. The van der Waals surface area contributed by atoms with Gasteiger partial charge in [0, 0.05) is 20.3 Å². The summed E-state index contributed by atoms with van der Waals surface area (Å²) in [5.74, 6) is -0.881. The molecule has 6 atom stereocenters. The van der Waals surface area contributed by atoms with E-state index >= 15 is 0 Å². The summed E-state index contributed by atoms with van der Waals surface area (Å²) in [4.78, 5) is 14.2. The van der Waals surface area contributed by atoms with Gasteiger partial charge in [-0.15, -0.1) is 22.9 Å². The zero-order valence-electron chi connectivity index (χ0n) is 21.6. The van der Waals surface area contributed by atoms with E-state index in [0.717, 1.165) is 42.5 Å². The van der Waals surface area contributed by atoms with Crippen LogP contribution in [0.1, 0.15) is 59.6 Å². The molecule has 1 saturated heterocycles. The lowest BCUT2D eigenvalue weighted by Crippen LogP contribution is -2.31. The number of aryl methyl sites for hydroxylation is 2. The third kappa shape index (κ3) is 7.85. The van der Waals surface area contributed by atoms with Gasteiger partial charge in [-0.25, -0.2) is 4.79 Å². The van der Waals surface area contributed by atoms with Gasteiger partial charge in [0.2, 0.25) is 0 Å². The zero-order valence-corrected chi connectivity index (χ0v) is 24.7. The van der Waals surface area contributed by atoms with Crippen molar-refractivity contribution in [3.8, 4) is 0 Å². The second kappa shape index (κ2) is 13.2. The van der Waals surface area contributed by atoms with Gasteiger partial charge in [0.25, 0.3) is 0 Å². The summed E-state index contributed by atoms with van der Waals surface area (Å²) in [5.41, 5.74) is 1.06. The van der Waals surface area contributed by atoms with E-state index < -0.39 is 30.1 Å². The van der Waals surface area contributed by atoms with Crippen molar-refractivity contribution < 1.29 is 29.2 Å². The monoisotopic (exact) mass is 604 g/mol. The fraction of sp³-hybridized carbons (Fsp3) is 0.607. The van der Waals surface area contributed by atoms with E-state index in [2.05, 4.69) is 0 Å². The van der Waals surface area contributed by atoms with Crippen molar-refractivity contribution in [1.82, 2.24) is 0 Å². The Hall–Kier alpha value is -0.900. The molecule has 2 heterocycles. The van der Waals surface area contributed by atoms with Gasteiger partial charge in [-0.05, 0) is 100 Å². The van der Waals surface area contributed by atoms with Gasteiger partial charge in [-0.1, -0.05) is 23.2 Å². The number of benzene rings is 1. The molecule has 2 aliphatic rings. The molecule has 6 nitrogen and oxygen atoms in total. The number of hydrogen-bond acceptors (Lipinski definition) is 7. The van der Waals surface area contributed by atoms with Crippen molar-refractivity contribution in [2.24, 2.45) is 11.8 Å². The summed E-state index contributed by atoms with van der Waals surface area (Å²) in [5, 5.41) is 21.3. The van der Waals surface area contributed by atoms with Crippen molar-refractivity contribution in [2.45, 2.75) is 81.8 Å². The summed E-state index contributed by atoms with van der Waals surface area (Å²) in [6, 6.07) is 9.29. The maximum atomic E-state index is 12.6. The molecule has 2 N–H and O–H groups in total. The van der Waals surface area contributed by atoms with Crippen LogP contribution in [0.25, 0.3) is 0 Å². The third-order valence-corrected chi connectivity index (χ3v) is 9.39. The first kappa shape index (κ1) is 30.1. The standard InChI is InChI=1S/C28H35Cl3O6S/c1-28(2)36-24(14-32)25(37-28)15-35-27(34)26-9-7-19(38-26)4-3-5-20-21(23(33)13-22(20)31)8-6-16-10-17(29)12-18(30)11-16/h7,9-12,20-25,32-33H,3-6,8,13-15H2,1-2H3/t20-,21-,22+,23-,24+,25+/m1/s1. The van der Waals surface area contributed by atoms with Crippen molar-refractivity contribution in [3.05, 3.63) is 55.7 Å².